The summed E-state index contributed by atoms with van der Waals surface area (Å²) >= 11 is 5.56. The van der Waals surface area contributed by atoms with E-state index in [0.717, 1.165) is 25.3 Å². The minimum Gasteiger partial charge on any atom is -0.313 e. The molecule has 1 fully saturated rings. The number of hydrogen-bond donors (Lipinski definition) is 1. The van der Waals surface area contributed by atoms with Crippen LogP contribution in [0.2, 0.25) is 0 Å². The van der Waals surface area contributed by atoms with Crippen molar-refractivity contribution in [1.29, 1.82) is 0 Å². The Bertz CT molecular complexity index is 1020. The van der Waals surface area contributed by atoms with Gasteiger partial charge in [0.1, 0.15) is 5.82 Å². The average molecular weight is 406 g/mol. The van der Waals surface area contributed by atoms with Crippen LogP contribution in [-0.4, -0.2) is 47.4 Å². The normalized spacial score (nSPS) is 24.7. The maximum atomic E-state index is 11.8. The highest BCUT2D eigenvalue weighted by molar-refractivity contribution is 7.91. The molecule has 6 nitrogen and oxygen atoms in total. The highest BCUT2D eigenvalue weighted by Crippen LogP contribution is 2.27. The molecule has 27 heavy (non-hydrogen) atoms. The van der Waals surface area contributed by atoms with Crippen molar-refractivity contribution in [3.05, 3.63) is 52.6 Å². The van der Waals surface area contributed by atoms with Gasteiger partial charge >= 0.3 is 0 Å². The van der Waals surface area contributed by atoms with Gasteiger partial charge in [0.05, 0.1) is 24.6 Å². The molecule has 1 aromatic heterocycles. The van der Waals surface area contributed by atoms with Crippen LogP contribution in [-0.2, 0) is 23.6 Å². The van der Waals surface area contributed by atoms with E-state index in [9.17, 15) is 8.42 Å². The smallest absolute Gasteiger partial charge is 0.202 e. The second kappa shape index (κ2) is 7.33. The molecule has 4 rings (SSSR count). The van der Waals surface area contributed by atoms with Gasteiger partial charge in [0.15, 0.2) is 16.5 Å². The van der Waals surface area contributed by atoms with Gasteiger partial charge in [0.25, 0.3) is 0 Å². The van der Waals surface area contributed by atoms with Crippen molar-refractivity contribution in [2.45, 2.75) is 25.4 Å². The summed E-state index contributed by atoms with van der Waals surface area (Å²) in [6.45, 7) is 2.69. The van der Waals surface area contributed by atoms with Gasteiger partial charge in [-0.05, 0) is 35.9 Å². The van der Waals surface area contributed by atoms with Crippen molar-refractivity contribution in [3.63, 3.8) is 0 Å². The number of rotatable bonds is 4. The molecule has 0 aliphatic carbocycles. The van der Waals surface area contributed by atoms with E-state index in [2.05, 4.69) is 30.3 Å². The lowest BCUT2D eigenvalue weighted by Gasteiger charge is -2.23. The summed E-state index contributed by atoms with van der Waals surface area (Å²) in [6.07, 6.45) is 3.99. The lowest BCUT2D eigenvalue weighted by atomic mass is 10.00. The molecule has 0 spiro atoms. The fourth-order valence-electron chi connectivity index (χ4n) is 4.01. The highest BCUT2D eigenvalue weighted by Gasteiger charge is 2.32. The fourth-order valence-corrected chi connectivity index (χ4v) is 5.95. The molecule has 2 aromatic rings. The van der Waals surface area contributed by atoms with E-state index in [1.54, 1.807) is 0 Å². The van der Waals surface area contributed by atoms with E-state index >= 15 is 0 Å². The van der Waals surface area contributed by atoms with Crippen LogP contribution >= 0.6 is 12.2 Å². The van der Waals surface area contributed by atoms with Gasteiger partial charge in [-0.15, -0.1) is 0 Å². The van der Waals surface area contributed by atoms with Crippen LogP contribution in [0.3, 0.4) is 0 Å². The molecule has 0 saturated carbocycles. The number of benzene rings is 1. The molecule has 0 radical (unpaired) electrons. The van der Waals surface area contributed by atoms with Crippen molar-refractivity contribution in [1.82, 2.24) is 14.3 Å². The van der Waals surface area contributed by atoms with E-state index in [0.29, 0.717) is 17.9 Å². The summed E-state index contributed by atoms with van der Waals surface area (Å²) in [5.74, 6) is 1.20. The van der Waals surface area contributed by atoms with Crippen LogP contribution in [0.15, 0.2) is 36.4 Å². The number of quaternary nitrogens is 1. The highest BCUT2D eigenvalue weighted by atomic mass is 32.2. The van der Waals surface area contributed by atoms with Gasteiger partial charge in [-0.3, -0.25) is 0 Å². The molecule has 2 atom stereocenters. The lowest BCUT2D eigenvalue weighted by Crippen LogP contribution is -3.11. The first-order valence-electron chi connectivity index (χ1n) is 9.35. The van der Waals surface area contributed by atoms with E-state index in [-0.39, 0.29) is 17.4 Å². The fraction of sp³-hybridized carbons (Fsp3) is 0.474. The summed E-state index contributed by atoms with van der Waals surface area (Å²) in [4.78, 5) is 1.41. The van der Waals surface area contributed by atoms with Crippen LogP contribution in [0.1, 0.15) is 30.1 Å². The Morgan fingerprint density at radius 3 is 2.70 bits per heavy atom. The molecule has 1 unspecified atom stereocenters. The molecular weight excluding hydrogens is 380 g/mol. The number of nitrogens with zero attached hydrogens (tertiary/aromatic N) is 3. The van der Waals surface area contributed by atoms with Crippen molar-refractivity contribution in [2.24, 2.45) is 7.05 Å². The van der Waals surface area contributed by atoms with Gasteiger partial charge in [0, 0.05) is 19.4 Å². The Labute approximate surface area is 165 Å². The van der Waals surface area contributed by atoms with Gasteiger partial charge in [0.2, 0.25) is 4.77 Å². The number of sulfone groups is 1. The largest absolute Gasteiger partial charge is 0.313 e. The third-order valence-corrected chi connectivity index (χ3v) is 7.83. The SMILES string of the molecule is Cn1c([C@@H]2CCS(=O)(=O)C2)nn(C[NH+]2CC=C(c3ccccc3)CC2)c1=S. The molecule has 2 aliphatic rings. The standard InChI is InChI=1S/C19H24N4O2S2/c1-21-18(17-9-12-27(24,25)13-17)20-23(19(21)26)14-22-10-7-16(8-11-22)15-5-3-2-4-6-15/h2-7,17H,8-14H2,1H3/p+1/t17-/m1/s1. The van der Waals surface area contributed by atoms with Gasteiger partial charge in [-0.1, -0.05) is 30.3 Å². The van der Waals surface area contributed by atoms with E-state index in [1.807, 2.05) is 22.4 Å². The number of nitrogens with one attached hydrogen (secondary N) is 1. The first-order chi connectivity index (χ1) is 12.9. The Morgan fingerprint density at radius 2 is 2.07 bits per heavy atom. The van der Waals surface area contributed by atoms with Crippen LogP contribution in [0.4, 0.5) is 0 Å². The third-order valence-electron chi connectivity index (χ3n) is 5.58. The zero-order valence-corrected chi connectivity index (χ0v) is 17.1. The molecule has 8 heteroatoms. The second-order valence-corrected chi connectivity index (χ2v) is 10.1. The van der Waals surface area contributed by atoms with Crippen molar-refractivity contribution < 1.29 is 13.3 Å². The Hall–Kier alpha value is -1.77. The molecule has 1 N–H and O–H groups in total. The summed E-state index contributed by atoms with van der Waals surface area (Å²) in [5.41, 5.74) is 2.71. The molecule has 1 aromatic carbocycles. The number of aromatic nitrogens is 3. The monoisotopic (exact) mass is 405 g/mol. The zero-order valence-electron chi connectivity index (χ0n) is 15.5. The average Bonchev–Trinajstić information content (AvgIpc) is 3.17. The Morgan fingerprint density at radius 1 is 1.30 bits per heavy atom. The predicted molar refractivity (Wildman–Crippen MR) is 108 cm³/mol. The summed E-state index contributed by atoms with van der Waals surface area (Å²) < 4.78 is 28.0. The van der Waals surface area contributed by atoms with Crippen LogP contribution in [0, 0.1) is 4.77 Å². The summed E-state index contributed by atoms with van der Waals surface area (Å²) in [6, 6.07) is 10.5. The lowest BCUT2D eigenvalue weighted by molar-refractivity contribution is -0.918. The summed E-state index contributed by atoms with van der Waals surface area (Å²) in [7, 11) is -1.04. The maximum absolute atomic E-state index is 11.8. The van der Waals surface area contributed by atoms with E-state index in [4.69, 9.17) is 17.3 Å². The van der Waals surface area contributed by atoms with Crippen LogP contribution in [0.5, 0.6) is 0 Å². The van der Waals surface area contributed by atoms with Crippen molar-refractivity contribution >= 4 is 27.6 Å². The molecular formula is C19H25N4O2S2+. The minimum absolute atomic E-state index is 0.0381. The second-order valence-electron chi connectivity index (χ2n) is 7.51. The molecule has 1 saturated heterocycles. The summed E-state index contributed by atoms with van der Waals surface area (Å²) in [5, 5.41) is 4.70. The van der Waals surface area contributed by atoms with Crippen LogP contribution in [0.25, 0.3) is 5.57 Å². The number of hydrogen-bond acceptors (Lipinski definition) is 4. The quantitative estimate of drug-likeness (QED) is 0.776. The molecule has 3 heterocycles. The van der Waals surface area contributed by atoms with Gasteiger partial charge in [-0.25, -0.2) is 8.42 Å². The molecule has 0 amide bonds. The minimum atomic E-state index is -2.93. The maximum Gasteiger partial charge on any atom is 0.202 e. The first kappa shape index (κ1) is 18.6. The first-order valence-corrected chi connectivity index (χ1v) is 11.6. The van der Waals surface area contributed by atoms with Crippen LogP contribution < -0.4 is 4.90 Å². The Kier molecular flexibility index (Phi) is 5.05. The van der Waals surface area contributed by atoms with Gasteiger partial charge in [-0.2, -0.15) is 9.78 Å². The molecule has 144 valence electrons. The van der Waals surface area contributed by atoms with Crippen molar-refractivity contribution in [3.8, 4) is 0 Å². The topological polar surface area (TPSA) is 61.3 Å². The van der Waals surface area contributed by atoms with Crippen molar-refractivity contribution in [2.75, 3.05) is 24.6 Å². The van der Waals surface area contributed by atoms with E-state index < -0.39 is 9.84 Å². The van der Waals surface area contributed by atoms with E-state index in [1.165, 1.54) is 16.0 Å². The Balaban J connectivity index is 1.47. The third kappa shape index (κ3) is 3.93. The molecule has 2 aliphatic heterocycles. The predicted octanol–water partition coefficient (Wildman–Crippen LogP) is 1.18. The molecule has 0 bridgehead atoms. The zero-order chi connectivity index (χ0) is 19.0. The van der Waals surface area contributed by atoms with Gasteiger partial charge < -0.3 is 9.47 Å².